The van der Waals surface area contributed by atoms with Crippen LogP contribution in [-0.2, 0) is 17.4 Å². The van der Waals surface area contributed by atoms with Gasteiger partial charge in [-0.2, -0.15) is 0 Å². The van der Waals surface area contributed by atoms with Gasteiger partial charge in [-0.15, -0.1) is 0 Å². The Bertz CT molecular complexity index is 791. The Kier molecular flexibility index (Phi) is 6.57. The topological polar surface area (TPSA) is 64.7 Å². The summed E-state index contributed by atoms with van der Waals surface area (Å²) in [6.07, 6.45) is 0. The summed E-state index contributed by atoms with van der Waals surface area (Å²) in [6.45, 7) is 15.2. The molecule has 0 heterocycles. The first kappa shape index (κ1) is 21.7. The first-order valence-electron chi connectivity index (χ1n) is 9.21. The highest BCUT2D eigenvalue weighted by molar-refractivity contribution is 7.41. The molecule has 2 aromatic carbocycles. The third kappa shape index (κ3) is 5.68. The first-order chi connectivity index (χ1) is 12.4. The van der Waals surface area contributed by atoms with Gasteiger partial charge in [0.1, 0.15) is 11.5 Å². The van der Waals surface area contributed by atoms with Gasteiger partial charge in [0.2, 0.25) is 0 Å². The van der Waals surface area contributed by atoms with E-state index in [1.165, 1.54) is 0 Å². The molecule has 4 nitrogen and oxygen atoms in total. The highest BCUT2D eigenvalue weighted by Crippen LogP contribution is 2.44. The van der Waals surface area contributed by atoms with E-state index < -0.39 is 8.60 Å². The van der Waals surface area contributed by atoms with Crippen molar-refractivity contribution >= 4 is 8.60 Å². The van der Waals surface area contributed by atoms with Crippen LogP contribution in [0.5, 0.6) is 11.5 Å². The number of hydrogen-bond donors (Lipinski definition) is 2. The zero-order valence-corrected chi connectivity index (χ0v) is 18.4. The van der Waals surface area contributed by atoms with Crippen LogP contribution in [0.15, 0.2) is 36.4 Å². The van der Waals surface area contributed by atoms with Crippen molar-refractivity contribution in [2.45, 2.75) is 65.8 Å². The van der Waals surface area contributed by atoms with Crippen LogP contribution < -0.4 is 14.8 Å². The maximum Gasteiger partial charge on any atom is 0.460 e. The Morgan fingerprint density at radius 1 is 0.852 bits per heavy atom. The van der Waals surface area contributed by atoms with E-state index in [1.807, 2.05) is 37.3 Å². The molecule has 2 rings (SSSR count). The van der Waals surface area contributed by atoms with Crippen LogP contribution in [0.3, 0.4) is 0 Å². The van der Waals surface area contributed by atoms with E-state index in [1.54, 1.807) is 0 Å². The van der Waals surface area contributed by atoms with Crippen LogP contribution >= 0.6 is 8.60 Å². The highest BCUT2D eigenvalue weighted by atomic mass is 31.2. The molecule has 3 N–H and O–H groups in total. The van der Waals surface area contributed by atoms with Crippen molar-refractivity contribution in [3.05, 3.63) is 58.7 Å². The van der Waals surface area contributed by atoms with Crippen LogP contribution in [0.1, 0.15) is 63.8 Å². The molecule has 2 aromatic rings. The summed E-state index contributed by atoms with van der Waals surface area (Å²) in [4.78, 5) is 10.5. The van der Waals surface area contributed by atoms with Gasteiger partial charge in [0.05, 0.1) is 0 Å². The maximum atomic E-state index is 10.5. The van der Waals surface area contributed by atoms with E-state index in [0.29, 0.717) is 18.0 Å². The summed E-state index contributed by atoms with van der Waals surface area (Å²) in [7, 11) is -2.11. The van der Waals surface area contributed by atoms with Crippen molar-refractivity contribution in [1.82, 2.24) is 0 Å². The van der Waals surface area contributed by atoms with E-state index >= 15 is 0 Å². The van der Waals surface area contributed by atoms with Gasteiger partial charge in [0.25, 0.3) is 0 Å². The summed E-state index contributed by atoms with van der Waals surface area (Å²) in [5, 5.41) is 0. The van der Waals surface area contributed by atoms with Gasteiger partial charge >= 0.3 is 8.60 Å². The van der Waals surface area contributed by atoms with E-state index in [2.05, 4.69) is 47.6 Å². The van der Waals surface area contributed by atoms with E-state index in [-0.39, 0.29) is 10.8 Å². The Balaban J connectivity index is 2.28. The summed E-state index contributed by atoms with van der Waals surface area (Å²) in [5.74, 6) is 1.27. The fourth-order valence-corrected chi connectivity index (χ4v) is 3.56. The smallest absolute Gasteiger partial charge is 0.418 e. The molecule has 0 saturated heterocycles. The van der Waals surface area contributed by atoms with Crippen LogP contribution in [0, 0.1) is 6.92 Å². The molecule has 0 aliphatic carbocycles. The molecule has 0 aromatic heterocycles. The van der Waals surface area contributed by atoms with Crippen LogP contribution in [-0.4, -0.2) is 4.89 Å². The molecule has 148 valence electrons. The normalized spacial score (nSPS) is 13.4. The van der Waals surface area contributed by atoms with Crippen molar-refractivity contribution in [3.8, 4) is 11.5 Å². The molecule has 1 unspecified atom stereocenters. The van der Waals surface area contributed by atoms with Crippen molar-refractivity contribution in [3.63, 3.8) is 0 Å². The second-order valence-electron chi connectivity index (χ2n) is 8.95. The van der Waals surface area contributed by atoms with E-state index in [0.717, 1.165) is 22.3 Å². The third-order valence-electron chi connectivity index (χ3n) is 4.38. The Hall–Kier alpha value is -1.61. The molecular weight excluding hydrogens is 357 g/mol. The molecule has 0 radical (unpaired) electrons. The Morgan fingerprint density at radius 3 is 1.81 bits per heavy atom. The molecule has 0 saturated carbocycles. The van der Waals surface area contributed by atoms with Gasteiger partial charge in [0, 0.05) is 17.7 Å². The lowest BCUT2D eigenvalue weighted by molar-refractivity contribution is 0.371. The summed E-state index contributed by atoms with van der Waals surface area (Å²) >= 11 is 0. The fraction of sp³-hybridized carbons (Fsp3) is 0.455. The molecular formula is C22H32NO3P. The number of aryl methyl sites for hydroxylation is 1. The number of benzene rings is 2. The van der Waals surface area contributed by atoms with E-state index in [4.69, 9.17) is 14.8 Å². The van der Waals surface area contributed by atoms with Gasteiger partial charge in [-0.05, 0) is 35.4 Å². The zero-order chi connectivity index (χ0) is 20.4. The van der Waals surface area contributed by atoms with Crippen molar-refractivity contribution in [2.24, 2.45) is 5.73 Å². The van der Waals surface area contributed by atoms with E-state index in [9.17, 15) is 4.89 Å². The van der Waals surface area contributed by atoms with Gasteiger partial charge < -0.3 is 19.7 Å². The minimum atomic E-state index is -2.11. The number of rotatable bonds is 5. The SMILES string of the molecule is Cc1ccc(OP(O)Oc2ccc(CN)cc2C(C)(C)C)c(C(C)(C)C)c1. The second-order valence-corrected chi connectivity index (χ2v) is 9.80. The zero-order valence-electron chi connectivity index (χ0n) is 17.5. The van der Waals surface area contributed by atoms with Crippen LogP contribution in [0.2, 0.25) is 0 Å². The molecule has 5 heteroatoms. The lowest BCUT2D eigenvalue weighted by Crippen LogP contribution is -2.15. The average molecular weight is 389 g/mol. The number of nitrogens with two attached hydrogens (primary N) is 1. The van der Waals surface area contributed by atoms with Crippen LogP contribution in [0.4, 0.5) is 0 Å². The summed E-state index contributed by atoms with van der Waals surface area (Å²) < 4.78 is 11.7. The van der Waals surface area contributed by atoms with Gasteiger partial charge in [-0.25, -0.2) is 0 Å². The Morgan fingerprint density at radius 2 is 1.33 bits per heavy atom. The minimum absolute atomic E-state index is 0.100. The summed E-state index contributed by atoms with van der Waals surface area (Å²) in [5.41, 5.74) is 9.76. The second kappa shape index (κ2) is 8.18. The van der Waals surface area contributed by atoms with Gasteiger partial charge in [-0.3, -0.25) is 0 Å². The highest BCUT2D eigenvalue weighted by Gasteiger charge is 2.25. The van der Waals surface area contributed by atoms with Crippen molar-refractivity contribution in [1.29, 1.82) is 0 Å². The molecule has 1 atom stereocenters. The average Bonchev–Trinajstić information content (AvgIpc) is 2.55. The third-order valence-corrected chi connectivity index (χ3v) is 5.09. The summed E-state index contributed by atoms with van der Waals surface area (Å²) in [6, 6.07) is 11.8. The largest absolute Gasteiger partial charge is 0.460 e. The Labute approximate surface area is 164 Å². The molecule has 0 aliphatic rings. The predicted octanol–water partition coefficient (Wildman–Crippen LogP) is 5.73. The monoisotopic (exact) mass is 389 g/mol. The lowest BCUT2D eigenvalue weighted by Gasteiger charge is -2.26. The predicted molar refractivity (Wildman–Crippen MR) is 113 cm³/mol. The number of hydrogen-bond acceptors (Lipinski definition) is 4. The standard InChI is InChI=1S/C22H32NO3P/c1-15-8-10-19(17(12-15)21(2,3)4)25-27(24)26-20-11-9-16(14-23)13-18(20)22(5,6)7/h8-13,24H,14,23H2,1-7H3. The maximum absolute atomic E-state index is 10.5. The van der Waals surface area contributed by atoms with Crippen LogP contribution in [0.25, 0.3) is 0 Å². The molecule has 27 heavy (non-hydrogen) atoms. The fourth-order valence-electron chi connectivity index (χ4n) is 2.87. The van der Waals surface area contributed by atoms with Crippen molar-refractivity contribution < 1.29 is 13.9 Å². The first-order valence-corrected chi connectivity index (χ1v) is 10.3. The van der Waals surface area contributed by atoms with Crippen molar-refractivity contribution in [2.75, 3.05) is 0 Å². The molecule has 0 spiro atoms. The molecule has 0 bridgehead atoms. The van der Waals surface area contributed by atoms with Gasteiger partial charge in [-0.1, -0.05) is 71.4 Å². The quantitative estimate of drug-likeness (QED) is 0.642. The van der Waals surface area contributed by atoms with Gasteiger partial charge in [0.15, 0.2) is 0 Å². The molecule has 0 amide bonds. The molecule has 0 fully saturated rings. The molecule has 0 aliphatic heterocycles. The lowest BCUT2D eigenvalue weighted by atomic mass is 9.85. The minimum Gasteiger partial charge on any atom is -0.418 e.